The minimum absolute atomic E-state index is 0.0666. The molecule has 2 N–H and O–H groups in total. The molecule has 5 rings (SSSR count). The summed E-state index contributed by atoms with van der Waals surface area (Å²) < 4.78 is 6.94. The summed E-state index contributed by atoms with van der Waals surface area (Å²) in [7, 11) is 3.37. The van der Waals surface area contributed by atoms with Crippen LogP contribution in [0.3, 0.4) is 0 Å². The normalized spacial score (nSPS) is 20.7. The third-order valence-electron chi connectivity index (χ3n) is 6.59. The Balaban J connectivity index is 1.45. The highest BCUT2D eigenvalue weighted by Crippen LogP contribution is 2.54. The van der Waals surface area contributed by atoms with Crippen LogP contribution in [0.5, 0.6) is 17.5 Å². The lowest BCUT2D eigenvalue weighted by Crippen LogP contribution is -2.30. The van der Waals surface area contributed by atoms with Crippen molar-refractivity contribution in [3.05, 3.63) is 65.5 Å². The largest absolute Gasteiger partial charge is 0.496 e. The van der Waals surface area contributed by atoms with E-state index in [2.05, 4.69) is 16.0 Å². The number of methoxy groups -OCH3 is 1. The Morgan fingerprint density at radius 1 is 1.06 bits per heavy atom. The Morgan fingerprint density at radius 3 is 2.65 bits per heavy atom. The number of ether oxygens (including phenoxy) is 1. The van der Waals surface area contributed by atoms with E-state index in [1.165, 1.54) is 4.57 Å². The molecule has 0 spiro atoms. The molecular formula is C25H27N3O3. The van der Waals surface area contributed by atoms with E-state index in [-0.39, 0.29) is 23.8 Å². The Labute approximate surface area is 182 Å². The number of nitrogens with zero attached hydrogens (tertiary/aromatic N) is 3. The van der Waals surface area contributed by atoms with Crippen molar-refractivity contribution in [1.29, 1.82) is 0 Å². The first-order chi connectivity index (χ1) is 15.1. The summed E-state index contributed by atoms with van der Waals surface area (Å²) >= 11 is 0. The van der Waals surface area contributed by atoms with Crippen molar-refractivity contribution in [2.45, 2.75) is 31.3 Å². The number of para-hydroxylation sites is 1. The van der Waals surface area contributed by atoms with Crippen LogP contribution in [0.25, 0.3) is 17.2 Å². The molecule has 0 amide bonds. The highest BCUT2D eigenvalue weighted by atomic mass is 16.5. The molecule has 1 saturated heterocycles. The predicted molar refractivity (Wildman–Crippen MR) is 120 cm³/mol. The number of aromatic nitrogens is 2. The summed E-state index contributed by atoms with van der Waals surface area (Å²) in [6.07, 6.45) is 9.21. The molecule has 2 aliphatic rings. The number of fused-ring (bicyclic) bond motifs is 3. The predicted octanol–water partition coefficient (Wildman–Crippen LogP) is 4.80. The van der Waals surface area contributed by atoms with Gasteiger partial charge in [-0.1, -0.05) is 36.8 Å². The molecule has 3 aromatic rings. The van der Waals surface area contributed by atoms with Gasteiger partial charge in [-0.15, -0.1) is 0 Å². The van der Waals surface area contributed by atoms with E-state index in [0.717, 1.165) is 59.5 Å². The third kappa shape index (κ3) is 3.18. The summed E-state index contributed by atoms with van der Waals surface area (Å²) in [5.74, 6) is 1.15. The van der Waals surface area contributed by atoms with Crippen molar-refractivity contribution in [2.24, 2.45) is 7.05 Å². The number of aromatic hydroxyl groups is 2. The van der Waals surface area contributed by atoms with Gasteiger partial charge >= 0.3 is 0 Å². The van der Waals surface area contributed by atoms with Crippen LogP contribution >= 0.6 is 0 Å². The Morgan fingerprint density at radius 2 is 1.87 bits per heavy atom. The summed E-state index contributed by atoms with van der Waals surface area (Å²) in [6, 6.07) is 12.0. The van der Waals surface area contributed by atoms with Crippen LogP contribution < -0.4 is 4.74 Å². The zero-order valence-corrected chi connectivity index (χ0v) is 17.8. The van der Waals surface area contributed by atoms with E-state index in [1.54, 1.807) is 14.2 Å². The lowest BCUT2D eigenvalue weighted by molar-refractivity contribution is 0.138. The first-order valence-corrected chi connectivity index (χ1v) is 10.7. The van der Waals surface area contributed by atoms with Gasteiger partial charge in [0.1, 0.15) is 5.75 Å². The molecule has 0 radical (unpaired) electrons. The topological polar surface area (TPSA) is 70.8 Å². The van der Waals surface area contributed by atoms with Gasteiger partial charge in [0.05, 0.1) is 18.8 Å². The lowest BCUT2D eigenvalue weighted by atomic mass is 9.99. The highest BCUT2D eigenvalue weighted by Gasteiger charge is 2.44. The second-order valence-corrected chi connectivity index (χ2v) is 8.26. The Hall–Kier alpha value is -3.25. The van der Waals surface area contributed by atoms with Crippen molar-refractivity contribution in [2.75, 3.05) is 13.7 Å². The molecule has 2 atom stereocenters. The Bertz CT molecular complexity index is 1130. The number of hydrogen-bond acceptors (Lipinski definition) is 5. The third-order valence-corrected chi connectivity index (χ3v) is 6.59. The maximum atomic E-state index is 10.7. The van der Waals surface area contributed by atoms with E-state index in [9.17, 15) is 10.2 Å². The first-order valence-electron chi connectivity index (χ1n) is 10.7. The highest BCUT2D eigenvalue weighted by molar-refractivity contribution is 5.70. The molecule has 1 aromatic carbocycles. The summed E-state index contributed by atoms with van der Waals surface area (Å²) in [5, 5.41) is 21.3. The van der Waals surface area contributed by atoms with Crippen LogP contribution in [0.4, 0.5) is 0 Å². The molecule has 4 heterocycles. The van der Waals surface area contributed by atoms with Crippen LogP contribution in [0.15, 0.2) is 48.7 Å². The van der Waals surface area contributed by atoms with Gasteiger partial charge in [0.25, 0.3) is 0 Å². The van der Waals surface area contributed by atoms with E-state index in [0.29, 0.717) is 0 Å². The monoisotopic (exact) mass is 417 g/mol. The number of piperidine rings is 1. The molecule has 0 saturated carbocycles. The summed E-state index contributed by atoms with van der Waals surface area (Å²) in [5.41, 5.74) is 4.57. The molecule has 2 aromatic heterocycles. The van der Waals surface area contributed by atoms with Crippen molar-refractivity contribution in [1.82, 2.24) is 14.5 Å². The van der Waals surface area contributed by atoms with Gasteiger partial charge in [-0.3, -0.25) is 14.5 Å². The van der Waals surface area contributed by atoms with Crippen molar-refractivity contribution in [3.63, 3.8) is 0 Å². The fraction of sp³-hybridized carbons (Fsp3) is 0.320. The van der Waals surface area contributed by atoms with Crippen LogP contribution in [0.2, 0.25) is 0 Å². The van der Waals surface area contributed by atoms with Crippen molar-refractivity contribution in [3.8, 4) is 28.6 Å². The SMILES string of the molecule is COc1ccccc1-c1ccc(/C=C/C2c3c(c(O)n(C)c3O)C3CCCCN23)nc1. The summed E-state index contributed by atoms with van der Waals surface area (Å²) in [4.78, 5) is 7.00. The number of rotatable bonds is 4. The minimum Gasteiger partial charge on any atom is -0.496 e. The molecule has 2 unspecified atom stereocenters. The van der Waals surface area contributed by atoms with E-state index < -0.39 is 0 Å². The van der Waals surface area contributed by atoms with Crippen molar-refractivity contribution >= 4 is 6.08 Å². The van der Waals surface area contributed by atoms with E-state index in [1.807, 2.05) is 48.7 Å². The quantitative estimate of drug-likeness (QED) is 0.638. The molecule has 1 fully saturated rings. The van der Waals surface area contributed by atoms with Crippen LogP contribution in [-0.2, 0) is 7.05 Å². The smallest absolute Gasteiger partial charge is 0.199 e. The number of hydrogen-bond donors (Lipinski definition) is 2. The van der Waals surface area contributed by atoms with Gasteiger partial charge < -0.3 is 14.9 Å². The number of benzene rings is 1. The fourth-order valence-corrected chi connectivity index (χ4v) is 5.03. The maximum Gasteiger partial charge on any atom is 0.199 e. The minimum atomic E-state index is -0.0666. The molecule has 31 heavy (non-hydrogen) atoms. The van der Waals surface area contributed by atoms with Gasteiger partial charge in [-0.25, -0.2) is 0 Å². The van der Waals surface area contributed by atoms with Crippen LogP contribution in [-0.4, -0.2) is 38.3 Å². The standard InChI is InChI=1S/C25H27N3O3/c1-27-24(29)22-19-8-5-6-14-28(19)20(23(22)25(27)30)13-12-17-11-10-16(15-26-17)18-7-3-4-9-21(18)31-2/h3-4,7,9-13,15,19-20,29-30H,5-6,8,14H2,1-2H3/b13-12+. The van der Waals surface area contributed by atoms with Gasteiger partial charge in [0.2, 0.25) is 0 Å². The zero-order valence-electron chi connectivity index (χ0n) is 17.8. The zero-order chi connectivity index (χ0) is 21.5. The molecule has 2 aliphatic heterocycles. The van der Waals surface area contributed by atoms with Crippen LogP contribution in [0.1, 0.15) is 48.2 Å². The lowest BCUT2D eigenvalue weighted by Gasteiger charge is -2.33. The number of pyridine rings is 1. The second kappa shape index (κ2) is 7.78. The molecule has 0 aliphatic carbocycles. The fourth-order valence-electron chi connectivity index (χ4n) is 5.03. The van der Waals surface area contributed by atoms with Gasteiger partial charge in [0, 0.05) is 41.5 Å². The van der Waals surface area contributed by atoms with Gasteiger partial charge in [-0.05, 0) is 37.6 Å². The summed E-state index contributed by atoms with van der Waals surface area (Å²) in [6.45, 7) is 0.955. The van der Waals surface area contributed by atoms with Gasteiger partial charge in [-0.2, -0.15) is 0 Å². The van der Waals surface area contributed by atoms with Crippen LogP contribution in [0, 0.1) is 0 Å². The molecule has 6 nitrogen and oxygen atoms in total. The van der Waals surface area contributed by atoms with E-state index >= 15 is 0 Å². The van der Waals surface area contributed by atoms with Gasteiger partial charge in [0.15, 0.2) is 11.8 Å². The average molecular weight is 418 g/mol. The molecular weight excluding hydrogens is 390 g/mol. The van der Waals surface area contributed by atoms with Crippen molar-refractivity contribution < 1.29 is 14.9 Å². The second-order valence-electron chi connectivity index (χ2n) is 8.26. The Kier molecular flexibility index (Phi) is 4.94. The molecule has 160 valence electrons. The molecule has 6 heteroatoms. The maximum absolute atomic E-state index is 10.7. The average Bonchev–Trinajstić information content (AvgIpc) is 3.26. The molecule has 0 bridgehead atoms. The van der Waals surface area contributed by atoms with E-state index in [4.69, 9.17) is 4.74 Å². The first kappa shape index (κ1) is 19.7.